The molecule has 0 bridgehead atoms. The molecule has 2 rings (SSSR count). The summed E-state index contributed by atoms with van der Waals surface area (Å²) in [5.74, 6) is 0. The topological polar surface area (TPSA) is 0 Å². The summed E-state index contributed by atoms with van der Waals surface area (Å²) in [5.41, 5.74) is 2.63. The summed E-state index contributed by atoms with van der Waals surface area (Å²) < 4.78 is 2.24. The number of benzene rings is 1. The third-order valence-corrected chi connectivity index (χ3v) is 4.40. The van der Waals surface area contributed by atoms with E-state index >= 15 is 0 Å². The molecule has 0 saturated heterocycles. The van der Waals surface area contributed by atoms with Crippen LogP contribution in [0.3, 0.4) is 0 Å². The minimum Gasteiger partial charge on any atom is -0.123 e. The lowest BCUT2D eigenvalue weighted by molar-refractivity contribution is 1.17. The number of halogens is 2. The number of thiophene rings is 1. The molecule has 0 atom stereocenters. The lowest BCUT2D eigenvalue weighted by atomic mass is 10.1. The summed E-state index contributed by atoms with van der Waals surface area (Å²) in [7, 11) is 0. The van der Waals surface area contributed by atoms with Gasteiger partial charge >= 0.3 is 0 Å². The zero-order chi connectivity index (χ0) is 10.1. The van der Waals surface area contributed by atoms with Crippen molar-refractivity contribution in [3.63, 3.8) is 0 Å². The van der Waals surface area contributed by atoms with Gasteiger partial charge in [-0.3, -0.25) is 0 Å². The Kier molecular flexibility index (Phi) is 3.15. The van der Waals surface area contributed by atoms with E-state index in [0.717, 1.165) is 16.1 Å². The lowest BCUT2D eigenvalue weighted by Gasteiger charge is -2.01. The highest BCUT2D eigenvalue weighted by Gasteiger charge is 2.11. The normalized spacial score (nSPS) is 11.1. The molecule has 0 radical (unpaired) electrons. The summed E-state index contributed by atoms with van der Waals surface area (Å²) >= 11 is 11.4. The quantitative estimate of drug-likeness (QED) is 0.682. The molecule has 0 spiro atoms. The van der Waals surface area contributed by atoms with Crippen molar-refractivity contribution in [1.29, 1.82) is 0 Å². The van der Waals surface area contributed by atoms with Crippen molar-refractivity contribution in [3.05, 3.63) is 33.7 Å². The second-order valence-electron chi connectivity index (χ2n) is 3.13. The molecule has 1 aromatic carbocycles. The van der Waals surface area contributed by atoms with Crippen LogP contribution in [0.15, 0.2) is 18.2 Å². The van der Waals surface area contributed by atoms with Gasteiger partial charge in [0.2, 0.25) is 0 Å². The zero-order valence-corrected chi connectivity index (χ0v) is 11.0. The predicted molar refractivity (Wildman–Crippen MR) is 68.8 cm³/mol. The number of hydrogen-bond acceptors (Lipinski definition) is 1. The van der Waals surface area contributed by atoms with Gasteiger partial charge < -0.3 is 0 Å². The van der Waals surface area contributed by atoms with Gasteiger partial charge in [-0.1, -0.05) is 46.6 Å². The Hall–Kier alpha value is -0.0500. The second-order valence-corrected chi connectivity index (χ2v) is 5.35. The molecule has 0 aliphatic carbocycles. The Balaban J connectivity index is 2.82. The summed E-state index contributed by atoms with van der Waals surface area (Å²) in [4.78, 5) is 0. The molecule has 0 nitrogen and oxygen atoms in total. The van der Waals surface area contributed by atoms with Crippen molar-refractivity contribution in [2.24, 2.45) is 0 Å². The second kappa shape index (κ2) is 4.21. The maximum Gasteiger partial charge on any atom is 0.0972 e. The van der Waals surface area contributed by atoms with E-state index in [1.165, 1.54) is 21.2 Å². The predicted octanol–water partition coefficient (Wildman–Crippen LogP) is 5.01. The molecule has 2 aromatic rings. The van der Waals surface area contributed by atoms with E-state index in [-0.39, 0.29) is 0 Å². The van der Waals surface area contributed by atoms with E-state index in [4.69, 9.17) is 11.6 Å². The number of alkyl halides is 1. The molecule has 0 aliphatic rings. The smallest absolute Gasteiger partial charge is 0.0972 e. The van der Waals surface area contributed by atoms with Crippen LogP contribution in [0.25, 0.3) is 10.1 Å². The van der Waals surface area contributed by atoms with Crippen LogP contribution < -0.4 is 0 Å². The first-order valence-corrected chi connectivity index (χ1v) is 6.84. The molecule has 0 N–H and O–H groups in total. The number of hydrogen-bond donors (Lipinski definition) is 0. The Morgan fingerprint density at radius 2 is 2.21 bits per heavy atom. The van der Waals surface area contributed by atoms with Gasteiger partial charge in [0.1, 0.15) is 0 Å². The molecule has 0 amide bonds. The van der Waals surface area contributed by atoms with Crippen LogP contribution in [0.5, 0.6) is 0 Å². The van der Waals surface area contributed by atoms with Crippen molar-refractivity contribution in [2.75, 3.05) is 0 Å². The van der Waals surface area contributed by atoms with Crippen molar-refractivity contribution < 1.29 is 0 Å². The maximum atomic E-state index is 6.20. The Morgan fingerprint density at radius 1 is 1.43 bits per heavy atom. The molecule has 14 heavy (non-hydrogen) atoms. The molecule has 1 aromatic heterocycles. The highest BCUT2D eigenvalue weighted by atomic mass is 79.9. The fraction of sp³-hybridized carbons (Fsp3) is 0.273. The zero-order valence-electron chi connectivity index (χ0n) is 7.81. The molecule has 3 heteroatoms. The Morgan fingerprint density at radius 3 is 2.86 bits per heavy atom. The molecule has 0 fully saturated rings. The van der Waals surface area contributed by atoms with Gasteiger partial charge in [0, 0.05) is 15.4 Å². The summed E-state index contributed by atoms with van der Waals surface area (Å²) in [6.07, 6.45) is 1.00. The summed E-state index contributed by atoms with van der Waals surface area (Å²) in [6.45, 7) is 2.15. The van der Waals surface area contributed by atoms with Crippen LogP contribution in [0.1, 0.15) is 18.1 Å². The first-order chi connectivity index (χ1) is 6.77. The molecule has 0 aliphatic heterocycles. The number of rotatable bonds is 2. The van der Waals surface area contributed by atoms with Crippen LogP contribution in [0.2, 0.25) is 4.34 Å². The maximum absolute atomic E-state index is 6.20. The van der Waals surface area contributed by atoms with Crippen molar-refractivity contribution in [2.45, 2.75) is 18.7 Å². The fourth-order valence-electron chi connectivity index (χ4n) is 1.69. The molecule has 0 unspecified atom stereocenters. The SMILES string of the molecule is CCc1c(Cl)sc2cccc(CBr)c12. The minimum atomic E-state index is 0.893. The monoisotopic (exact) mass is 288 g/mol. The van der Waals surface area contributed by atoms with Crippen molar-refractivity contribution >= 4 is 49.0 Å². The van der Waals surface area contributed by atoms with Gasteiger partial charge in [-0.15, -0.1) is 11.3 Å². The van der Waals surface area contributed by atoms with Gasteiger partial charge in [-0.05, 0) is 23.6 Å². The van der Waals surface area contributed by atoms with Gasteiger partial charge in [0.25, 0.3) is 0 Å². The third-order valence-electron chi connectivity index (χ3n) is 2.35. The summed E-state index contributed by atoms with van der Waals surface area (Å²) in [6, 6.07) is 6.38. The number of fused-ring (bicyclic) bond motifs is 1. The van der Waals surface area contributed by atoms with Crippen LogP contribution >= 0.6 is 38.9 Å². The van der Waals surface area contributed by atoms with Crippen LogP contribution in [-0.2, 0) is 11.8 Å². The molecular weight excluding hydrogens is 280 g/mol. The largest absolute Gasteiger partial charge is 0.123 e. The fourth-order valence-corrected chi connectivity index (χ4v) is 3.70. The molecular formula is C11H10BrClS. The van der Waals surface area contributed by atoms with E-state index < -0.39 is 0 Å². The lowest BCUT2D eigenvalue weighted by Crippen LogP contribution is -1.83. The van der Waals surface area contributed by atoms with Crippen molar-refractivity contribution in [1.82, 2.24) is 0 Å². The van der Waals surface area contributed by atoms with Gasteiger partial charge in [-0.25, -0.2) is 0 Å². The highest BCUT2D eigenvalue weighted by Crippen LogP contribution is 2.37. The van der Waals surface area contributed by atoms with Gasteiger partial charge in [-0.2, -0.15) is 0 Å². The van der Waals surface area contributed by atoms with Crippen LogP contribution in [0.4, 0.5) is 0 Å². The number of aryl methyl sites for hydroxylation is 1. The van der Waals surface area contributed by atoms with E-state index in [0.29, 0.717) is 0 Å². The van der Waals surface area contributed by atoms with E-state index in [1.54, 1.807) is 11.3 Å². The van der Waals surface area contributed by atoms with E-state index in [2.05, 4.69) is 41.1 Å². The standard InChI is InChI=1S/C11H10BrClS/c1-2-8-10-7(6-12)4-3-5-9(10)14-11(8)13/h3-5H,2,6H2,1H3. The Bertz CT molecular complexity index is 462. The first kappa shape index (κ1) is 10.5. The average molecular weight is 290 g/mol. The van der Waals surface area contributed by atoms with Crippen molar-refractivity contribution in [3.8, 4) is 0 Å². The minimum absolute atomic E-state index is 0.893. The molecule has 1 heterocycles. The van der Waals surface area contributed by atoms with Gasteiger partial charge in [0.15, 0.2) is 0 Å². The first-order valence-electron chi connectivity index (χ1n) is 4.52. The summed E-state index contributed by atoms with van der Waals surface area (Å²) in [5, 5.41) is 2.24. The van der Waals surface area contributed by atoms with E-state index in [9.17, 15) is 0 Å². The van der Waals surface area contributed by atoms with E-state index in [1.807, 2.05) is 0 Å². The van der Waals surface area contributed by atoms with Crippen LogP contribution in [-0.4, -0.2) is 0 Å². The third kappa shape index (κ3) is 1.60. The Labute approximate surface area is 101 Å². The average Bonchev–Trinajstić information content (AvgIpc) is 2.52. The van der Waals surface area contributed by atoms with Gasteiger partial charge in [0.05, 0.1) is 4.34 Å². The molecule has 0 saturated carbocycles. The highest BCUT2D eigenvalue weighted by molar-refractivity contribution is 9.08. The molecule has 74 valence electrons. The van der Waals surface area contributed by atoms with Crippen LogP contribution in [0, 0.1) is 0 Å².